The maximum atomic E-state index is 13.4. The molecule has 1 heterocycles. The highest BCUT2D eigenvalue weighted by Gasteiger charge is 2.71. The van der Waals surface area contributed by atoms with E-state index in [0.29, 0.717) is 17.7 Å². The van der Waals surface area contributed by atoms with Crippen molar-refractivity contribution in [3.63, 3.8) is 0 Å². The molecule has 1 aliphatic heterocycles. The first-order valence-electron chi connectivity index (χ1n) is 12.0. The van der Waals surface area contributed by atoms with Crippen molar-refractivity contribution in [2.24, 2.45) is 0 Å². The summed E-state index contributed by atoms with van der Waals surface area (Å²) in [6.07, 6.45) is -6.93. The highest BCUT2D eigenvalue weighted by atomic mass is 32.2. The Labute approximate surface area is 231 Å². The minimum atomic E-state index is -6.02. The molecule has 2 aromatic rings. The normalized spacial score (nSPS) is 19.6. The van der Waals surface area contributed by atoms with Crippen molar-refractivity contribution in [2.75, 3.05) is 24.5 Å². The Morgan fingerprint density at radius 1 is 0.950 bits per heavy atom. The maximum Gasteiger partial charge on any atom is 0.430 e. The number of benzene rings is 2. The van der Waals surface area contributed by atoms with Crippen molar-refractivity contribution in [3.8, 4) is 5.75 Å². The number of rotatable bonds is 6. The lowest BCUT2D eigenvalue weighted by Gasteiger charge is -2.43. The fourth-order valence-electron chi connectivity index (χ4n) is 4.77. The van der Waals surface area contributed by atoms with Gasteiger partial charge in [0.2, 0.25) is 10.0 Å². The predicted molar refractivity (Wildman–Crippen MR) is 140 cm³/mol. The third-order valence-corrected chi connectivity index (χ3v) is 9.37. The van der Waals surface area contributed by atoms with Gasteiger partial charge in [-0.2, -0.15) is 30.6 Å². The molecule has 1 saturated heterocycles. The van der Waals surface area contributed by atoms with E-state index in [9.17, 15) is 45.0 Å². The summed E-state index contributed by atoms with van der Waals surface area (Å²) in [6.45, 7) is -0.104. The van der Waals surface area contributed by atoms with Crippen molar-refractivity contribution < 1.29 is 45.0 Å². The van der Waals surface area contributed by atoms with Gasteiger partial charge in [-0.05, 0) is 36.3 Å². The van der Waals surface area contributed by atoms with Crippen molar-refractivity contribution in [1.29, 1.82) is 0 Å². The summed E-state index contributed by atoms with van der Waals surface area (Å²) in [6, 6.07) is 8.80. The van der Waals surface area contributed by atoms with Crippen molar-refractivity contribution >= 4 is 32.8 Å². The summed E-state index contributed by atoms with van der Waals surface area (Å²) in [5.74, 6) is -0.0560. The van der Waals surface area contributed by atoms with Gasteiger partial charge >= 0.3 is 12.4 Å². The number of aromatic hydroxyl groups is 1. The zero-order valence-electron chi connectivity index (χ0n) is 20.7. The number of phenols is 1. The number of piperazine rings is 1. The summed E-state index contributed by atoms with van der Waals surface area (Å²) < 4.78 is 108. The van der Waals surface area contributed by atoms with Crippen LogP contribution in [-0.4, -0.2) is 65.8 Å². The zero-order valence-corrected chi connectivity index (χ0v) is 22.3. The van der Waals surface area contributed by atoms with Gasteiger partial charge in [-0.3, -0.25) is 0 Å². The molecule has 0 spiro atoms. The van der Waals surface area contributed by atoms with Crippen LogP contribution in [-0.2, 0) is 22.0 Å². The van der Waals surface area contributed by atoms with Crippen LogP contribution in [0.15, 0.2) is 71.7 Å². The molecule has 0 aromatic heterocycles. The van der Waals surface area contributed by atoms with Gasteiger partial charge in [0.05, 0.1) is 4.91 Å². The van der Waals surface area contributed by atoms with Crippen molar-refractivity contribution in [3.05, 3.63) is 82.8 Å². The second kappa shape index (κ2) is 10.8. The fourth-order valence-corrected chi connectivity index (χ4v) is 6.84. The zero-order chi connectivity index (χ0) is 29.5. The molecule has 14 heteroatoms. The first-order chi connectivity index (χ1) is 18.6. The molecular formula is C26H24F6N2O4S2. The smallest absolute Gasteiger partial charge is 0.430 e. The molecule has 2 N–H and O–H groups in total. The number of para-hydroxylation sites is 1. The number of phenolic OH excluding ortho intramolecular Hbond substituents is 1. The number of anilines is 1. The molecule has 216 valence electrons. The molecule has 2 aromatic carbocycles. The molecule has 0 unspecified atom stereocenters. The van der Waals surface area contributed by atoms with E-state index in [-0.39, 0.29) is 53.7 Å². The number of halogens is 6. The van der Waals surface area contributed by atoms with Crippen LogP contribution in [0.1, 0.15) is 17.5 Å². The van der Waals surface area contributed by atoms with Crippen LogP contribution in [0.3, 0.4) is 0 Å². The third kappa shape index (κ3) is 5.49. The Balaban J connectivity index is 1.69. The Morgan fingerprint density at radius 3 is 2.15 bits per heavy atom. The number of hydrogen-bond donors (Lipinski definition) is 2. The van der Waals surface area contributed by atoms with Crippen LogP contribution >= 0.6 is 12.2 Å². The second-order valence-corrected chi connectivity index (χ2v) is 11.8. The Bertz CT molecular complexity index is 1420. The molecule has 40 heavy (non-hydrogen) atoms. The lowest BCUT2D eigenvalue weighted by atomic mass is 9.92. The van der Waals surface area contributed by atoms with Crippen LogP contribution in [0.2, 0.25) is 0 Å². The molecule has 2 aliphatic rings. The number of sulfonamides is 1. The van der Waals surface area contributed by atoms with E-state index < -0.39 is 39.6 Å². The largest absolute Gasteiger partial charge is 0.508 e. The topological polar surface area (TPSA) is 81.1 Å². The van der Waals surface area contributed by atoms with Gasteiger partial charge in [0.15, 0.2) is 0 Å². The minimum absolute atomic E-state index is 0.0114. The lowest BCUT2D eigenvalue weighted by molar-refractivity contribution is -0.376. The van der Waals surface area contributed by atoms with E-state index in [2.05, 4.69) is 0 Å². The lowest BCUT2D eigenvalue weighted by Crippen LogP contribution is -2.56. The molecule has 1 atom stereocenters. The predicted octanol–water partition coefficient (Wildman–Crippen LogP) is 4.98. The SMILES string of the molecule is O=S(=O)(C1=CC=CCC1=S)N1CCN(c2ccc(C(O)(C(F)(F)F)C(F)(F)F)cc2)[C@@H](Cc2ccccc2O)C1. The van der Waals surface area contributed by atoms with Crippen LogP contribution in [0.4, 0.5) is 32.0 Å². The summed E-state index contributed by atoms with van der Waals surface area (Å²) in [4.78, 5) is 1.89. The van der Waals surface area contributed by atoms with Crippen molar-refractivity contribution in [1.82, 2.24) is 4.31 Å². The monoisotopic (exact) mass is 606 g/mol. The van der Waals surface area contributed by atoms with Crippen LogP contribution < -0.4 is 4.90 Å². The molecule has 6 nitrogen and oxygen atoms in total. The minimum Gasteiger partial charge on any atom is -0.508 e. The van der Waals surface area contributed by atoms with Gasteiger partial charge in [0, 0.05) is 48.2 Å². The number of alkyl halides is 6. The van der Waals surface area contributed by atoms with Gasteiger partial charge in [0.25, 0.3) is 5.60 Å². The Morgan fingerprint density at radius 2 is 1.57 bits per heavy atom. The van der Waals surface area contributed by atoms with Gasteiger partial charge in [-0.15, -0.1) is 0 Å². The summed E-state index contributed by atoms with van der Waals surface area (Å²) in [5.41, 5.74) is -5.79. The van der Waals surface area contributed by atoms with E-state index in [4.69, 9.17) is 12.2 Å². The Hall–Kier alpha value is -2.94. The quantitative estimate of drug-likeness (QED) is 0.357. The summed E-state index contributed by atoms with van der Waals surface area (Å²) in [5, 5.41) is 20.0. The average Bonchev–Trinajstić information content (AvgIpc) is 2.88. The fraction of sp³-hybridized carbons (Fsp3) is 0.346. The van der Waals surface area contributed by atoms with Gasteiger partial charge in [0.1, 0.15) is 5.75 Å². The molecule has 4 rings (SSSR count). The Kier molecular flexibility index (Phi) is 8.11. The van der Waals surface area contributed by atoms with E-state index in [0.717, 1.165) is 12.1 Å². The standard InChI is InChI=1S/C26H24F6N2O4S2/c27-25(28,29)24(36,26(30,31)32)18-9-11-19(12-10-18)34-14-13-33(40(37,38)23-8-4-3-7-22(23)39)16-20(34)15-17-5-1-2-6-21(17)35/h1-6,8-12,20,35-36H,7,13-16H2/t20-/m0/s1. The molecule has 0 saturated carbocycles. The number of hydrogen-bond acceptors (Lipinski definition) is 6. The van der Waals surface area contributed by atoms with Crippen molar-refractivity contribution in [2.45, 2.75) is 36.8 Å². The number of nitrogens with zero attached hydrogens (tertiary/aromatic N) is 2. The first kappa shape index (κ1) is 30.0. The number of aliphatic hydroxyl groups is 1. The van der Waals surface area contributed by atoms with E-state index in [1.807, 2.05) is 0 Å². The average molecular weight is 607 g/mol. The number of thiocarbonyl (C=S) groups is 1. The maximum absolute atomic E-state index is 13.4. The van der Waals surface area contributed by atoms with Gasteiger partial charge in [-0.25, -0.2) is 8.42 Å². The molecule has 0 amide bonds. The molecular weight excluding hydrogens is 582 g/mol. The van der Waals surface area contributed by atoms with Crippen LogP contribution in [0.25, 0.3) is 0 Å². The van der Waals surface area contributed by atoms with Gasteiger partial charge in [-0.1, -0.05) is 54.7 Å². The summed E-state index contributed by atoms with van der Waals surface area (Å²) >= 11 is 5.24. The van der Waals surface area contributed by atoms with Gasteiger partial charge < -0.3 is 15.1 Å². The van der Waals surface area contributed by atoms with E-state index in [1.165, 1.54) is 16.4 Å². The van der Waals surface area contributed by atoms with Crippen LogP contribution in [0, 0.1) is 0 Å². The highest BCUT2D eigenvalue weighted by Crippen LogP contribution is 2.50. The number of allylic oxidation sites excluding steroid dienone is 4. The molecule has 1 aliphatic carbocycles. The second-order valence-electron chi connectivity index (χ2n) is 9.38. The molecule has 1 fully saturated rings. The third-order valence-electron chi connectivity index (χ3n) is 6.91. The van der Waals surface area contributed by atoms with Crippen LogP contribution in [0.5, 0.6) is 5.75 Å². The summed E-state index contributed by atoms with van der Waals surface area (Å²) in [7, 11) is -4.00. The molecule has 0 radical (unpaired) electrons. The van der Waals surface area contributed by atoms with E-state index in [1.54, 1.807) is 35.3 Å². The molecule has 0 bridgehead atoms. The first-order valence-corrected chi connectivity index (χ1v) is 13.8. The highest BCUT2D eigenvalue weighted by molar-refractivity contribution is 7.96. The van der Waals surface area contributed by atoms with E-state index >= 15 is 0 Å².